The fourth-order valence-electron chi connectivity index (χ4n) is 1.79. The monoisotopic (exact) mass is 368 g/mol. The van der Waals surface area contributed by atoms with Gasteiger partial charge in [-0.15, -0.1) is 0 Å². The highest BCUT2D eigenvalue weighted by molar-refractivity contribution is 6.36. The summed E-state index contributed by atoms with van der Waals surface area (Å²) in [7, 11) is 0. The molecule has 24 heavy (non-hydrogen) atoms. The number of halogens is 2. The summed E-state index contributed by atoms with van der Waals surface area (Å²) in [6.45, 7) is -0.405. The van der Waals surface area contributed by atoms with Crippen LogP contribution in [0.15, 0.2) is 36.4 Å². The van der Waals surface area contributed by atoms with Gasteiger partial charge in [0.05, 0.1) is 21.2 Å². The molecule has 0 aliphatic heterocycles. The predicted octanol–water partition coefficient (Wildman–Crippen LogP) is 3.73. The summed E-state index contributed by atoms with van der Waals surface area (Å²) in [5.41, 5.74) is 0.0809. The number of aldehydes is 1. The molecule has 7 nitrogen and oxygen atoms in total. The maximum Gasteiger partial charge on any atom is 0.270 e. The second kappa shape index (κ2) is 7.76. The molecule has 0 spiro atoms. The maximum absolute atomic E-state index is 11.9. The van der Waals surface area contributed by atoms with E-state index in [0.717, 1.165) is 6.07 Å². The van der Waals surface area contributed by atoms with E-state index in [-0.39, 0.29) is 22.0 Å². The van der Waals surface area contributed by atoms with Crippen LogP contribution in [0.4, 0.5) is 11.4 Å². The lowest BCUT2D eigenvalue weighted by atomic mass is 10.2. The molecule has 0 saturated heterocycles. The van der Waals surface area contributed by atoms with Crippen molar-refractivity contribution < 1.29 is 19.2 Å². The molecule has 1 N–H and O–H groups in total. The van der Waals surface area contributed by atoms with Gasteiger partial charge in [0.25, 0.3) is 11.6 Å². The lowest BCUT2D eigenvalue weighted by Crippen LogP contribution is -2.20. The standard InChI is InChI=1S/C15H10Cl2N2O5/c16-10-1-3-13(12(17)6-10)18-15(21)8-24-14-4-2-11(19(22)23)5-9(14)7-20/h1-7H,8H2,(H,18,21). The van der Waals surface area contributed by atoms with Crippen LogP contribution in [0.1, 0.15) is 10.4 Å². The summed E-state index contributed by atoms with van der Waals surface area (Å²) in [4.78, 5) is 32.9. The van der Waals surface area contributed by atoms with Crippen LogP contribution in [0.25, 0.3) is 0 Å². The molecule has 0 saturated carbocycles. The van der Waals surface area contributed by atoms with Crippen LogP contribution in [0, 0.1) is 10.1 Å². The van der Waals surface area contributed by atoms with Crippen LogP contribution >= 0.6 is 23.2 Å². The zero-order chi connectivity index (χ0) is 17.7. The minimum absolute atomic E-state index is 0.0264. The highest BCUT2D eigenvalue weighted by Crippen LogP contribution is 2.26. The van der Waals surface area contributed by atoms with E-state index in [1.165, 1.54) is 24.3 Å². The van der Waals surface area contributed by atoms with E-state index in [2.05, 4.69) is 5.32 Å². The molecule has 9 heteroatoms. The van der Waals surface area contributed by atoms with Crippen LogP contribution in [0.5, 0.6) is 5.75 Å². The Balaban J connectivity index is 2.03. The number of nitro groups is 1. The van der Waals surface area contributed by atoms with Crippen molar-refractivity contribution in [2.75, 3.05) is 11.9 Å². The number of hydrogen-bond donors (Lipinski definition) is 1. The van der Waals surface area contributed by atoms with E-state index in [9.17, 15) is 19.7 Å². The van der Waals surface area contributed by atoms with E-state index >= 15 is 0 Å². The van der Waals surface area contributed by atoms with E-state index in [4.69, 9.17) is 27.9 Å². The Kier molecular flexibility index (Phi) is 5.73. The number of anilines is 1. The number of non-ortho nitro benzene ring substituents is 1. The number of ether oxygens (including phenoxy) is 1. The first kappa shape index (κ1) is 17.7. The van der Waals surface area contributed by atoms with Gasteiger partial charge in [0.1, 0.15) is 5.75 Å². The van der Waals surface area contributed by atoms with Crippen LogP contribution in [-0.2, 0) is 4.79 Å². The summed E-state index contributed by atoms with van der Waals surface area (Å²) < 4.78 is 5.23. The third kappa shape index (κ3) is 4.43. The van der Waals surface area contributed by atoms with Crippen molar-refractivity contribution in [2.45, 2.75) is 0 Å². The fourth-order valence-corrected chi connectivity index (χ4v) is 2.25. The number of nitro benzene ring substituents is 1. The molecule has 0 aliphatic rings. The van der Waals surface area contributed by atoms with Crippen molar-refractivity contribution in [1.82, 2.24) is 0 Å². The minimum Gasteiger partial charge on any atom is -0.483 e. The lowest BCUT2D eigenvalue weighted by Gasteiger charge is -2.10. The van der Waals surface area contributed by atoms with Gasteiger partial charge in [-0.25, -0.2) is 0 Å². The van der Waals surface area contributed by atoms with Crippen LogP contribution < -0.4 is 10.1 Å². The van der Waals surface area contributed by atoms with Gasteiger partial charge in [0.2, 0.25) is 0 Å². The zero-order valence-corrected chi connectivity index (χ0v) is 13.5. The second-order valence-corrected chi connectivity index (χ2v) is 5.40. The molecule has 0 aliphatic carbocycles. The van der Waals surface area contributed by atoms with Gasteiger partial charge in [-0.3, -0.25) is 19.7 Å². The number of nitrogens with one attached hydrogen (secondary N) is 1. The first-order chi connectivity index (χ1) is 11.4. The second-order valence-electron chi connectivity index (χ2n) is 4.56. The number of nitrogens with zero attached hydrogens (tertiary/aromatic N) is 1. The summed E-state index contributed by atoms with van der Waals surface area (Å²) in [6.07, 6.45) is 0.413. The highest BCUT2D eigenvalue weighted by Gasteiger charge is 2.13. The van der Waals surface area contributed by atoms with Crippen molar-refractivity contribution in [2.24, 2.45) is 0 Å². The largest absolute Gasteiger partial charge is 0.483 e. The predicted molar refractivity (Wildman–Crippen MR) is 89.1 cm³/mol. The number of hydrogen-bond acceptors (Lipinski definition) is 5. The van der Waals surface area contributed by atoms with Crippen molar-refractivity contribution in [3.63, 3.8) is 0 Å². The maximum atomic E-state index is 11.9. The topological polar surface area (TPSA) is 98.5 Å². The summed E-state index contributed by atoms with van der Waals surface area (Å²) in [6, 6.07) is 8.06. The van der Waals surface area contributed by atoms with Gasteiger partial charge in [0.15, 0.2) is 12.9 Å². The van der Waals surface area contributed by atoms with E-state index in [1.54, 1.807) is 6.07 Å². The molecule has 2 aromatic carbocycles. The first-order valence-corrected chi connectivity index (χ1v) is 7.27. The minimum atomic E-state index is -0.633. The van der Waals surface area contributed by atoms with Crippen molar-refractivity contribution in [3.05, 3.63) is 62.1 Å². The molecule has 0 aromatic heterocycles. The Labute approximate surface area is 146 Å². The summed E-state index contributed by atoms with van der Waals surface area (Å²) in [5.74, 6) is -0.456. The average molecular weight is 369 g/mol. The SMILES string of the molecule is O=Cc1cc([N+](=O)[O-])ccc1OCC(=O)Nc1ccc(Cl)cc1Cl. The molecule has 124 valence electrons. The van der Waals surface area contributed by atoms with Crippen molar-refractivity contribution in [3.8, 4) is 5.75 Å². The number of benzene rings is 2. The van der Waals surface area contributed by atoms with Crippen LogP contribution in [0.3, 0.4) is 0 Å². The quantitative estimate of drug-likeness (QED) is 0.475. The van der Waals surface area contributed by atoms with Crippen molar-refractivity contribution >= 4 is 46.8 Å². The van der Waals surface area contributed by atoms with E-state index < -0.39 is 17.4 Å². The molecular formula is C15H10Cl2N2O5. The Morgan fingerprint density at radius 3 is 2.62 bits per heavy atom. The van der Waals surface area contributed by atoms with Gasteiger partial charge in [0, 0.05) is 17.2 Å². The normalized spacial score (nSPS) is 10.1. The molecule has 2 rings (SSSR count). The van der Waals surface area contributed by atoms with Gasteiger partial charge in [-0.1, -0.05) is 23.2 Å². The van der Waals surface area contributed by atoms with Crippen molar-refractivity contribution in [1.29, 1.82) is 0 Å². The van der Waals surface area contributed by atoms with Crippen LogP contribution in [0.2, 0.25) is 10.0 Å². The Hall–Kier alpha value is -2.64. The van der Waals surface area contributed by atoms with Gasteiger partial charge in [-0.2, -0.15) is 0 Å². The fraction of sp³-hybridized carbons (Fsp3) is 0.0667. The van der Waals surface area contributed by atoms with Crippen LogP contribution in [-0.4, -0.2) is 23.7 Å². The number of amides is 1. The first-order valence-electron chi connectivity index (χ1n) is 6.52. The third-order valence-corrected chi connectivity index (χ3v) is 3.44. The number of carbonyl (C=O) groups is 2. The zero-order valence-electron chi connectivity index (χ0n) is 12.0. The molecule has 2 aromatic rings. The molecule has 0 atom stereocenters. The van der Waals surface area contributed by atoms with Gasteiger partial charge < -0.3 is 10.1 Å². The van der Waals surface area contributed by atoms with E-state index in [1.807, 2.05) is 0 Å². The average Bonchev–Trinajstić information content (AvgIpc) is 2.55. The highest BCUT2D eigenvalue weighted by atomic mass is 35.5. The smallest absolute Gasteiger partial charge is 0.270 e. The molecule has 0 heterocycles. The Morgan fingerprint density at radius 2 is 2.00 bits per heavy atom. The Morgan fingerprint density at radius 1 is 1.25 bits per heavy atom. The molecule has 0 radical (unpaired) electrons. The lowest BCUT2D eigenvalue weighted by molar-refractivity contribution is -0.384. The molecule has 1 amide bonds. The summed E-state index contributed by atoms with van der Waals surface area (Å²) in [5, 5.41) is 13.9. The van der Waals surface area contributed by atoms with Gasteiger partial charge >= 0.3 is 0 Å². The third-order valence-electron chi connectivity index (χ3n) is 2.90. The van der Waals surface area contributed by atoms with E-state index in [0.29, 0.717) is 17.0 Å². The number of carbonyl (C=O) groups excluding carboxylic acids is 2. The Bertz CT molecular complexity index is 810. The molecule has 0 bridgehead atoms. The molecule has 0 fully saturated rings. The molecule has 0 unspecified atom stereocenters. The molecular weight excluding hydrogens is 359 g/mol. The number of rotatable bonds is 6. The van der Waals surface area contributed by atoms with Gasteiger partial charge in [-0.05, 0) is 24.3 Å². The summed E-state index contributed by atoms with van der Waals surface area (Å²) >= 11 is 11.7.